The van der Waals surface area contributed by atoms with Gasteiger partial charge in [0, 0.05) is 11.2 Å². The zero-order chi connectivity index (χ0) is 14.9. The molecule has 0 fully saturated rings. The monoisotopic (exact) mass is 311 g/mol. The van der Waals surface area contributed by atoms with Crippen LogP contribution in [0.1, 0.15) is 15.9 Å². The van der Waals surface area contributed by atoms with E-state index < -0.39 is 5.97 Å². The lowest BCUT2D eigenvalue weighted by Crippen LogP contribution is -2.07. The number of benzene rings is 1. The van der Waals surface area contributed by atoms with Crippen molar-refractivity contribution in [1.29, 1.82) is 0 Å². The summed E-state index contributed by atoms with van der Waals surface area (Å²) < 4.78 is 0. The normalized spacial score (nSPS) is 10.3. The van der Waals surface area contributed by atoms with E-state index in [-0.39, 0.29) is 17.1 Å². The minimum absolute atomic E-state index is 0.0307. The SMILES string of the molecule is Cc1cc(Cl)c(Nc2nccc(C(=O)O)c2N)cc1Cl. The minimum Gasteiger partial charge on any atom is -0.478 e. The highest BCUT2D eigenvalue weighted by atomic mass is 35.5. The topological polar surface area (TPSA) is 88.2 Å². The van der Waals surface area contributed by atoms with Crippen molar-refractivity contribution in [3.05, 3.63) is 45.6 Å². The molecule has 5 nitrogen and oxygen atoms in total. The van der Waals surface area contributed by atoms with E-state index in [2.05, 4.69) is 10.3 Å². The van der Waals surface area contributed by atoms with Crippen molar-refractivity contribution in [2.45, 2.75) is 6.92 Å². The summed E-state index contributed by atoms with van der Waals surface area (Å²) in [6, 6.07) is 4.66. The van der Waals surface area contributed by atoms with Gasteiger partial charge in [-0.25, -0.2) is 9.78 Å². The maximum absolute atomic E-state index is 11.0. The summed E-state index contributed by atoms with van der Waals surface area (Å²) in [5.74, 6) is -0.910. The van der Waals surface area contributed by atoms with Crippen LogP contribution in [0.3, 0.4) is 0 Å². The fourth-order valence-corrected chi connectivity index (χ4v) is 2.06. The molecule has 0 saturated heterocycles. The van der Waals surface area contributed by atoms with Crippen molar-refractivity contribution in [1.82, 2.24) is 4.98 Å². The second-order valence-corrected chi connectivity index (χ2v) is 4.95. The zero-order valence-corrected chi connectivity index (χ0v) is 12.0. The van der Waals surface area contributed by atoms with Crippen LogP contribution in [-0.4, -0.2) is 16.1 Å². The number of nitrogens with one attached hydrogen (secondary N) is 1. The second-order valence-electron chi connectivity index (χ2n) is 4.13. The van der Waals surface area contributed by atoms with Crippen LogP contribution >= 0.6 is 23.2 Å². The van der Waals surface area contributed by atoms with Crippen molar-refractivity contribution in [2.24, 2.45) is 0 Å². The molecule has 7 heteroatoms. The number of carboxylic acid groups (broad SMARTS) is 1. The summed E-state index contributed by atoms with van der Waals surface area (Å²) in [5, 5.41) is 12.9. The third-order valence-electron chi connectivity index (χ3n) is 2.72. The first kappa shape index (κ1) is 14.4. The molecule has 4 N–H and O–H groups in total. The molecule has 1 aromatic carbocycles. The fourth-order valence-electron chi connectivity index (χ4n) is 1.63. The standard InChI is InChI=1S/C13H11Cl2N3O2/c1-6-4-9(15)10(5-8(6)14)18-12-11(16)7(13(19)20)2-3-17-12/h2-5H,16H2,1H3,(H,17,18)(H,19,20). The Morgan fingerprint density at radius 1 is 1.35 bits per heavy atom. The maximum atomic E-state index is 11.0. The summed E-state index contributed by atoms with van der Waals surface area (Å²) in [6.45, 7) is 1.83. The minimum atomic E-state index is -1.12. The van der Waals surface area contributed by atoms with Crippen LogP contribution in [0.5, 0.6) is 0 Å². The number of aromatic carboxylic acids is 1. The van der Waals surface area contributed by atoms with Crippen LogP contribution in [0.15, 0.2) is 24.4 Å². The fraction of sp³-hybridized carbons (Fsp3) is 0.0769. The maximum Gasteiger partial charge on any atom is 0.337 e. The lowest BCUT2D eigenvalue weighted by molar-refractivity contribution is 0.0698. The molecule has 0 unspecified atom stereocenters. The Balaban J connectivity index is 2.43. The van der Waals surface area contributed by atoms with Gasteiger partial charge in [0.05, 0.1) is 22.0 Å². The number of hydrogen-bond acceptors (Lipinski definition) is 4. The molecular formula is C13H11Cl2N3O2. The number of aryl methyl sites for hydroxylation is 1. The number of pyridine rings is 1. The van der Waals surface area contributed by atoms with Crippen molar-refractivity contribution < 1.29 is 9.90 Å². The number of anilines is 3. The molecule has 0 aliphatic heterocycles. The van der Waals surface area contributed by atoms with E-state index in [1.54, 1.807) is 12.1 Å². The Bertz CT molecular complexity index is 690. The molecule has 2 rings (SSSR count). The summed E-state index contributed by atoms with van der Waals surface area (Å²) >= 11 is 12.1. The first-order valence-corrected chi connectivity index (χ1v) is 6.36. The molecule has 0 aliphatic rings. The van der Waals surface area contributed by atoms with Crippen LogP contribution in [0.4, 0.5) is 17.2 Å². The lowest BCUT2D eigenvalue weighted by atomic mass is 10.2. The molecule has 0 atom stereocenters. The van der Waals surface area contributed by atoms with Gasteiger partial charge in [0.15, 0.2) is 5.82 Å². The van der Waals surface area contributed by atoms with Crippen molar-refractivity contribution >= 4 is 46.4 Å². The summed E-state index contributed by atoms with van der Waals surface area (Å²) in [5.41, 5.74) is 7.11. The molecular weight excluding hydrogens is 301 g/mol. The van der Waals surface area contributed by atoms with Crippen LogP contribution in [0.25, 0.3) is 0 Å². The van der Waals surface area contributed by atoms with E-state index in [4.69, 9.17) is 34.0 Å². The smallest absolute Gasteiger partial charge is 0.337 e. The average Bonchev–Trinajstić information content (AvgIpc) is 2.37. The summed E-state index contributed by atoms with van der Waals surface area (Å²) in [4.78, 5) is 15.0. The molecule has 0 saturated carbocycles. The number of nitrogens with zero attached hydrogens (tertiary/aromatic N) is 1. The molecule has 20 heavy (non-hydrogen) atoms. The van der Waals surface area contributed by atoms with E-state index in [1.807, 2.05) is 6.92 Å². The molecule has 0 radical (unpaired) electrons. The van der Waals surface area contributed by atoms with Gasteiger partial charge in [-0.2, -0.15) is 0 Å². The molecule has 1 heterocycles. The predicted molar refractivity (Wildman–Crippen MR) is 80.1 cm³/mol. The molecule has 0 amide bonds. The number of rotatable bonds is 3. The largest absolute Gasteiger partial charge is 0.478 e. The van der Waals surface area contributed by atoms with Gasteiger partial charge in [-0.3, -0.25) is 0 Å². The molecule has 104 valence electrons. The van der Waals surface area contributed by atoms with Gasteiger partial charge in [-0.05, 0) is 30.7 Å². The van der Waals surface area contributed by atoms with Gasteiger partial charge in [0.25, 0.3) is 0 Å². The Kier molecular flexibility index (Phi) is 4.01. The zero-order valence-electron chi connectivity index (χ0n) is 10.4. The lowest BCUT2D eigenvalue weighted by Gasteiger charge is -2.12. The quantitative estimate of drug-likeness (QED) is 0.804. The van der Waals surface area contributed by atoms with Crippen LogP contribution in [0.2, 0.25) is 10.0 Å². The van der Waals surface area contributed by atoms with Crippen molar-refractivity contribution in [3.63, 3.8) is 0 Å². The highest BCUT2D eigenvalue weighted by molar-refractivity contribution is 6.35. The third kappa shape index (κ3) is 2.79. The number of aromatic nitrogens is 1. The van der Waals surface area contributed by atoms with Gasteiger partial charge in [-0.1, -0.05) is 23.2 Å². The third-order valence-corrected chi connectivity index (χ3v) is 3.44. The molecule has 0 aliphatic carbocycles. The van der Waals surface area contributed by atoms with Gasteiger partial charge in [0.2, 0.25) is 0 Å². The molecule has 2 aromatic rings. The number of nitrogen functional groups attached to an aromatic ring is 1. The Morgan fingerprint density at radius 3 is 2.70 bits per heavy atom. The molecule has 0 spiro atoms. The molecule has 0 bridgehead atoms. The Hall–Kier alpha value is -1.98. The summed E-state index contributed by atoms with van der Waals surface area (Å²) in [7, 11) is 0. The number of hydrogen-bond donors (Lipinski definition) is 3. The predicted octanol–water partition coefficient (Wildman–Crippen LogP) is 3.72. The average molecular weight is 312 g/mol. The highest BCUT2D eigenvalue weighted by Gasteiger charge is 2.13. The van der Waals surface area contributed by atoms with E-state index in [0.717, 1.165) is 5.56 Å². The Labute approximate surface area is 125 Å². The van der Waals surface area contributed by atoms with Crippen LogP contribution in [-0.2, 0) is 0 Å². The highest BCUT2D eigenvalue weighted by Crippen LogP contribution is 2.32. The van der Waals surface area contributed by atoms with Gasteiger partial charge >= 0.3 is 5.97 Å². The van der Waals surface area contributed by atoms with E-state index in [0.29, 0.717) is 15.7 Å². The van der Waals surface area contributed by atoms with Crippen LogP contribution in [0, 0.1) is 6.92 Å². The second kappa shape index (κ2) is 5.56. The van der Waals surface area contributed by atoms with Gasteiger partial charge < -0.3 is 16.2 Å². The van der Waals surface area contributed by atoms with E-state index in [1.165, 1.54) is 12.3 Å². The van der Waals surface area contributed by atoms with Crippen molar-refractivity contribution in [2.75, 3.05) is 11.1 Å². The Morgan fingerprint density at radius 2 is 2.05 bits per heavy atom. The van der Waals surface area contributed by atoms with Crippen LogP contribution < -0.4 is 11.1 Å². The molecule has 1 aromatic heterocycles. The number of halogens is 2. The number of carboxylic acids is 1. The first-order chi connectivity index (χ1) is 9.40. The van der Waals surface area contributed by atoms with E-state index in [9.17, 15) is 4.79 Å². The van der Waals surface area contributed by atoms with E-state index >= 15 is 0 Å². The number of nitrogens with two attached hydrogens (primary N) is 1. The first-order valence-electron chi connectivity index (χ1n) is 5.60. The summed E-state index contributed by atoms with van der Waals surface area (Å²) in [6.07, 6.45) is 1.35. The number of carbonyl (C=O) groups is 1. The van der Waals surface area contributed by atoms with Gasteiger partial charge in [0.1, 0.15) is 0 Å². The van der Waals surface area contributed by atoms with Gasteiger partial charge in [-0.15, -0.1) is 0 Å². The van der Waals surface area contributed by atoms with Crippen molar-refractivity contribution in [3.8, 4) is 0 Å².